The molecule has 0 amide bonds. The topological polar surface area (TPSA) is 186 Å². The third-order valence-corrected chi connectivity index (χ3v) is 12.2. The molecule has 0 saturated carbocycles. The van der Waals surface area contributed by atoms with Crippen molar-refractivity contribution in [1.29, 1.82) is 0 Å². The van der Waals surface area contributed by atoms with Gasteiger partial charge in [-0.25, -0.2) is 0 Å². The highest BCUT2D eigenvalue weighted by molar-refractivity contribution is 7.85. The first-order valence-corrected chi connectivity index (χ1v) is 27.8. The molecule has 68 heavy (non-hydrogen) atoms. The summed E-state index contributed by atoms with van der Waals surface area (Å²) in [4.78, 5) is 25.5. The molecule has 1 heterocycles. The van der Waals surface area contributed by atoms with E-state index in [0.717, 1.165) is 51.4 Å². The molecule has 0 aromatic carbocycles. The van der Waals surface area contributed by atoms with Gasteiger partial charge in [0, 0.05) is 12.8 Å². The molecule has 0 radical (unpaired) electrons. The van der Waals surface area contributed by atoms with Crippen LogP contribution in [0.2, 0.25) is 0 Å². The molecule has 6 atom stereocenters. The van der Waals surface area contributed by atoms with Crippen LogP contribution in [0.15, 0.2) is 85.1 Å². The summed E-state index contributed by atoms with van der Waals surface area (Å²) in [6, 6.07) is 0. The third kappa shape index (κ3) is 37.7. The zero-order valence-corrected chi connectivity index (χ0v) is 42.7. The fourth-order valence-corrected chi connectivity index (χ4v) is 8.13. The summed E-state index contributed by atoms with van der Waals surface area (Å²) in [6.45, 7) is 3.58. The maximum Gasteiger partial charge on any atom is 0.306 e. The Hall–Kier alpha value is -3.17. The van der Waals surface area contributed by atoms with Gasteiger partial charge in [-0.1, -0.05) is 182 Å². The molecule has 1 saturated heterocycles. The zero-order valence-electron chi connectivity index (χ0n) is 41.9. The third-order valence-electron chi connectivity index (χ3n) is 11.4. The molecule has 0 spiro atoms. The Morgan fingerprint density at radius 1 is 0.515 bits per heavy atom. The standard InChI is InChI=1S/C55H92O12S/c1-3-5-7-9-11-13-15-17-19-21-22-23-24-25-26-28-30-32-34-36-38-40-42-44-51(57)66-48(46-65-55-54(60)53(59)52(58)49(67-55)47-68(61,62)63)45-64-50(56)43-41-39-37-35-33-31-29-27-20-18-16-14-12-10-8-6-4-2/h6,8,12,14,18,20,28-31,35-38,48-49,52-55,58-60H,3-5,7,9-11,13,15-17,19,21-27,32-34,39-47H2,1-2H3,(H,61,62,63)/b8-6+,14-12+,20-18+,30-28+,31-29+,37-35+,38-36+/t48-,49-,52-,53?,54?,55+/m1/s1. The van der Waals surface area contributed by atoms with Gasteiger partial charge in [0.15, 0.2) is 12.4 Å². The Bertz CT molecular complexity index is 1570. The molecule has 13 heteroatoms. The molecule has 1 rings (SSSR count). The van der Waals surface area contributed by atoms with Crippen molar-refractivity contribution in [2.75, 3.05) is 19.0 Å². The molecule has 1 aliphatic rings. The molecule has 0 bridgehead atoms. The van der Waals surface area contributed by atoms with Crippen molar-refractivity contribution in [1.82, 2.24) is 0 Å². The van der Waals surface area contributed by atoms with Gasteiger partial charge in [0.25, 0.3) is 10.1 Å². The minimum Gasteiger partial charge on any atom is -0.462 e. The number of rotatable bonds is 43. The van der Waals surface area contributed by atoms with Crippen LogP contribution in [-0.4, -0.2) is 96.0 Å². The lowest BCUT2D eigenvalue weighted by Crippen LogP contribution is -2.60. The van der Waals surface area contributed by atoms with E-state index >= 15 is 0 Å². The Kier molecular flexibility index (Phi) is 40.5. The Morgan fingerprint density at radius 3 is 1.44 bits per heavy atom. The van der Waals surface area contributed by atoms with Crippen molar-refractivity contribution in [2.24, 2.45) is 0 Å². The summed E-state index contributed by atoms with van der Waals surface area (Å²) in [7, 11) is -4.62. The molecule has 0 aromatic rings. The number of esters is 2. The predicted octanol–water partition coefficient (Wildman–Crippen LogP) is 12.0. The summed E-state index contributed by atoms with van der Waals surface area (Å²) in [5.41, 5.74) is 0. The second-order valence-corrected chi connectivity index (χ2v) is 19.3. The number of allylic oxidation sites excluding steroid dienone is 14. The second kappa shape index (κ2) is 43.8. The average Bonchev–Trinajstić information content (AvgIpc) is 3.31. The van der Waals surface area contributed by atoms with Gasteiger partial charge in [-0.15, -0.1) is 0 Å². The molecule has 1 aliphatic heterocycles. The van der Waals surface area contributed by atoms with Crippen LogP contribution in [0.25, 0.3) is 0 Å². The fourth-order valence-electron chi connectivity index (χ4n) is 7.44. The zero-order chi connectivity index (χ0) is 49.8. The lowest BCUT2D eigenvalue weighted by atomic mass is 10.00. The first kappa shape index (κ1) is 62.8. The van der Waals surface area contributed by atoms with Crippen LogP contribution in [0.5, 0.6) is 0 Å². The van der Waals surface area contributed by atoms with E-state index in [-0.39, 0.29) is 19.4 Å². The highest BCUT2D eigenvalue weighted by Crippen LogP contribution is 2.24. The van der Waals surface area contributed by atoms with Gasteiger partial charge in [-0.3, -0.25) is 14.1 Å². The van der Waals surface area contributed by atoms with Crippen molar-refractivity contribution in [2.45, 2.75) is 230 Å². The Labute approximate surface area is 411 Å². The summed E-state index contributed by atoms with van der Waals surface area (Å²) in [6.07, 6.45) is 49.3. The average molecular weight is 977 g/mol. The van der Waals surface area contributed by atoms with E-state index in [1.807, 2.05) is 18.2 Å². The molecule has 2 unspecified atom stereocenters. The smallest absolute Gasteiger partial charge is 0.306 e. The quantitative estimate of drug-likeness (QED) is 0.0196. The molecular weight excluding hydrogens is 885 g/mol. The van der Waals surface area contributed by atoms with Gasteiger partial charge in [0.1, 0.15) is 36.8 Å². The number of aliphatic hydroxyl groups is 3. The maximum absolute atomic E-state index is 12.9. The number of hydrogen-bond acceptors (Lipinski definition) is 11. The van der Waals surface area contributed by atoms with E-state index in [2.05, 4.69) is 80.7 Å². The van der Waals surface area contributed by atoms with Crippen molar-refractivity contribution in [3.63, 3.8) is 0 Å². The van der Waals surface area contributed by atoms with Crippen molar-refractivity contribution in [3.05, 3.63) is 85.1 Å². The van der Waals surface area contributed by atoms with E-state index < -0.39 is 71.2 Å². The van der Waals surface area contributed by atoms with Crippen LogP contribution in [-0.2, 0) is 38.7 Å². The Morgan fingerprint density at radius 2 is 0.941 bits per heavy atom. The highest BCUT2D eigenvalue weighted by atomic mass is 32.2. The lowest BCUT2D eigenvalue weighted by molar-refractivity contribution is -0.297. The van der Waals surface area contributed by atoms with E-state index in [1.165, 1.54) is 89.9 Å². The normalized spacial score (nSPS) is 19.9. The molecule has 12 nitrogen and oxygen atoms in total. The van der Waals surface area contributed by atoms with Crippen LogP contribution in [0.4, 0.5) is 0 Å². The number of hydrogen-bond donors (Lipinski definition) is 4. The van der Waals surface area contributed by atoms with Gasteiger partial charge < -0.3 is 34.3 Å². The van der Waals surface area contributed by atoms with Gasteiger partial charge in [0.2, 0.25) is 0 Å². The summed E-state index contributed by atoms with van der Waals surface area (Å²) < 4.78 is 54.1. The highest BCUT2D eigenvalue weighted by Gasteiger charge is 2.46. The van der Waals surface area contributed by atoms with Gasteiger partial charge in [-0.2, -0.15) is 8.42 Å². The molecule has 0 aliphatic carbocycles. The van der Waals surface area contributed by atoms with Crippen molar-refractivity contribution >= 4 is 22.1 Å². The lowest BCUT2D eigenvalue weighted by Gasteiger charge is -2.40. The molecular formula is C55H92O12S. The Balaban J connectivity index is 2.43. The minimum absolute atomic E-state index is 0.0883. The number of ether oxygens (including phenoxy) is 4. The van der Waals surface area contributed by atoms with E-state index in [4.69, 9.17) is 18.9 Å². The van der Waals surface area contributed by atoms with Crippen molar-refractivity contribution < 1.29 is 56.8 Å². The van der Waals surface area contributed by atoms with E-state index in [9.17, 15) is 37.9 Å². The first-order valence-electron chi connectivity index (χ1n) is 26.1. The SMILES string of the molecule is CC/C=C/C/C=C/C/C=C/C/C=C/C/C=C/CCCC(=O)OC[C@H](CO[C@H]1O[C@H](CS(=O)(=O)O)[C@@H](O)C(O)C1O)OC(=O)CCC/C=C/CC/C=C/CCCCCCCCCCCCCCCC. The monoisotopic (exact) mass is 977 g/mol. The number of aliphatic hydroxyl groups excluding tert-OH is 3. The maximum atomic E-state index is 12.9. The predicted molar refractivity (Wildman–Crippen MR) is 274 cm³/mol. The van der Waals surface area contributed by atoms with Gasteiger partial charge >= 0.3 is 11.9 Å². The van der Waals surface area contributed by atoms with E-state index in [1.54, 1.807) is 0 Å². The summed E-state index contributed by atoms with van der Waals surface area (Å²) >= 11 is 0. The first-order chi connectivity index (χ1) is 33.0. The van der Waals surface area contributed by atoms with Crippen LogP contribution < -0.4 is 0 Å². The second-order valence-electron chi connectivity index (χ2n) is 17.8. The summed E-state index contributed by atoms with van der Waals surface area (Å²) in [5, 5.41) is 31.0. The van der Waals surface area contributed by atoms with Crippen LogP contribution in [0.1, 0.15) is 194 Å². The number of carbonyl (C=O) groups excluding carboxylic acids is 2. The van der Waals surface area contributed by atoms with Crippen LogP contribution in [0, 0.1) is 0 Å². The van der Waals surface area contributed by atoms with Gasteiger partial charge in [-0.05, 0) is 83.5 Å². The number of carbonyl (C=O) groups is 2. The molecule has 4 N–H and O–H groups in total. The fraction of sp³-hybridized carbons (Fsp3) is 0.709. The van der Waals surface area contributed by atoms with E-state index in [0.29, 0.717) is 25.7 Å². The van der Waals surface area contributed by atoms with Gasteiger partial charge in [0.05, 0.1) is 6.61 Å². The minimum atomic E-state index is -4.62. The van der Waals surface area contributed by atoms with Crippen molar-refractivity contribution in [3.8, 4) is 0 Å². The molecule has 0 aromatic heterocycles. The summed E-state index contributed by atoms with van der Waals surface area (Å²) in [5.74, 6) is -2.12. The molecule has 1 fully saturated rings. The van der Waals surface area contributed by atoms with Crippen LogP contribution >= 0.6 is 0 Å². The largest absolute Gasteiger partial charge is 0.462 e. The molecule has 390 valence electrons. The number of unbranched alkanes of at least 4 members (excludes halogenated alkanes) is 17. The van der Waals surface area contributed by atoms with Crippen LogP contribution in [0.3, 0.4) is 0 Å².